The number of anilines is 1. The Hall–Kier alpha value is -0.710. The molecule has 0 radical (unpaired) electrons. The Bertz CT molecular complexity index is 1130. The van der Waals surface area contributed by atoms with Crippen LogP contribution in [0.5, 0.6) is 0 Å². The average molecular weight is 530 g/mol. The average Bonchev–Trinajstić information content (AvgIpc) is 3.39. The molecule has 3 aliphatic rings. The highest BCUT2D eigenvalue weighted by Gasteiger charge is 2.56. The van der Waals surface area contributed by atoms with Crippen molar-refractivity contribution in [1.29, 1.82) is 0 Å². The lowest BCUT2D eigenvalue weighted by molar-refractivity contribution is -0.0214. The van der Waals surface area contributed by atoms with Gasteiger partial charge < -0.3 is 15.0 Å². The van der Waals surface area contributed by atoms with Crippen molar-refractivity contribution in [1.82, 2.24) is 19.5 Å². The second kappa shape index (κ2) is 8.75. The van der Waals surface area contributed by atoms with Crippen molar-refractivity contribution in [2.75, 3.05) is 5.73 Å². The third-order valence-electron chi connectivity index (χ3n) is 7.02. The lowest BCUT2D eigenvalue weighted by Crippen LogP contribution is -2.36. The molecule has 12 heteroatoms. The number of nitrogen functional groups attached to an aromatic ring is 1. The molecule has 7 nitrogen and oxygen atoms in total. The van der Waals surface area contributed by atoms with Crippen molar-refractivity contribution in [2.45, 2.75) is 81.1 Å². The van der Waals surface area contributed by atoms with Gasteiger partial charge in [0.1, 0.15) is 17.9 Å². The van der Waals surface area contributed by atoms with E-state index in [1.807, 2.05) is 6.92 Å². The zero-order valence-electron chi connectivity index (χ0n) is 18.9. The molecule has 33 heavy (non-hydrogen) atoms. The summed E-state index contributed by atoms with van der Waals surface area (Å²) < 4.78 is 27.9. The van der Waals surface area contributed by atoms with E-state index in [1.54, 1.807) is 27.3 Å². The van der Waals surface area contributed by atoms with E-state index in [0.717, 1.165) is 19.3 Å². The van der Waals surface area contributed by atoms with Gasteiger partial charge in [-0.25, -0.2) is 19.3 Å². The normalized spacial score (nSPS) is 40.8. The van der Waals surface area contributed by atoms with Crippen LogP contribution in [0.1, 0.15) is 52.7 Å². The molecular weight excluding hydrogens is 500 g/mol. The van der Waals surface area contributed by atoms with Gasteiger partial charge in [-0.1, -0.05) is 41.8 Å². The standard InChI is InChI=1S/C21H29FN5O2PS3/c1-5-13-17(15(22)20(28-13)27-10-26-16-18(23)24-9-25-19(16)27)29-30(31)32-14-8-12(11(2)3)6-7-21(14,4)33-30/h9-10,12-15,17,20H,2,5-8H2,1,3-4H3,(H2,23,24,25)/t12-,13+,14+,15+,17+,20+,21+,30+/m0/s1. The Balaban J connectivity index is 1.37. The number of allylic oxidation sites excluding steroid dienone is 1. The van der Waals surface area contributed by atoms with Crippen molar-refractivity contribution in [3.05, 3.63) is 24.8 Å². The van der Waals surface area contributed by atoms with Crippen LogP contribution >= 0.6 is 27.4 Å². The highest BCUT2D eigenvalue weighted by atomic mass is 33.2. The highest BCUT2D eigenvalue weighted by molar-refractivity contribution is 9.01. The van der Waals surface area contributed by atoms with Gasteiger partial charge in [0.05, 0.1) is 12.4 Å². The van der Waals surface area contributed by atoms with Gasteiger partial charge in [0, 0.05) is 10.00 Å². The van der Waals surface area contributed by atoms with Crippen LogP contribution in [0.2, 0.25) is 0 Å². The van der Waals surface area contributed by atoms with Gasteiger partial charge in [0.15, 0.2) is 28.5 Å². The molecule has 8 atom stereocenters. The number of rotatable bonds is 5. The highest BCUT2D eigenvalue weighted by Crippen LogP contribution is 2.84. The predicted octanol–water partition coefficient (Wildman–Crippen LogP) is 5.65. The summed E-state index contributed by atoms with van der Waals surface area (Å²) in [6, 6.07) is 0. The minimum atomic E-state index is -2.35. The molecule has 1 aliphatic carbocycles. The minimum Gasteiger partial charge on any atom is -0.382 e. The van der Waals surface area contributed by atoms with Crippen LogP contribution in [-0.2, 0) is 21.1 Å². The van der Waals surface area contributed by atoms with E-state index >= 15 is 4.39 Å². The first-order valence-electron chi connectivity index (χ1n) is 11.2. The van der Waals surface area contributed by atoms with Crippen LogP contribution in [-0.4, -0.2) is 47.9 Å². The molecule has 0 spiro atoms. The minimum absolute atomic E-state index is 0.0630. The summed E-state index contributed by atoms with van der Waals surface area (Å²) in [6.07, 6.45) is 3.31. The quantitative estimate of drug-likeness (QED) is 0.390. The van der Waals surface area contributed by atoms with E-state index in [9.17, 15) is 0 Å². The number of halogens is 1. The summed E-state index contributed by atoms with van der Waals surface area (Å²) in [6.45, 7) is 10.6. The maximum absolute atomic E-state index is 15.9. The molecule has 0 unspecified atom stereocenters. The van der Waals surface area contributed by atoms with Crippen LogP contribution < -0.4 is 5.73 Å². The van der Waals surface area contributed by atoms with Crippen molar-refractivity contribution >= 4 is 56.2 Å². The van der Waals surface area contributed by atoms with Crippen molar-refractivity contribution in [2.24, 2.45) is 5.92 Å². The Morgan fingerprint density at radius 3 is 3.00 bits per heavy atom. The number of ether oxygens (including phenoxy) is 1. The van der Waals surface area contributed by atoms with Gasteiger partial charge >= 0.3 is 0 Å². The Kier molecular flexibility index (Phi) is 6.36. The fourth-order valence-corrected chi connectivity index (χ4v) is 19.0. The maximum Gasteiger partial charge on any atom is 0.175 e. The first-order chi connectivity index (χ1) is 15.6. The number of imidazole rings is 1. The van der Waals surface area contributed by atoms with E-state index in [4.69, 9.17) is 26.8 Å². The molecule has 0 amide bonds. The molecule has 5 rings (SSSR count). The second-order valence-corrected chi connectivity index (χ2v) is 20.2. The number of hydrogen-bond acceptors (Lipinski definition) is 9. The topological polar surface area (TPSA) is 88.1 Å². The van der Waals surface area contributed by atoms with E-state index in [-0.39, 0.29) is 10.6 Å². The number of fused-ring (bicyclic) bond motifs is 2. The Morgan fingerprint density at radius 2 is 2.27 bits per heavy atom. The number of nitrogens with zero attached hydrogens (tertiary/aromatic N) is 4. The maximum atomic E-state index is 15.9. The molecule has 2 N–H and O–H groups in total. The lowest BCUT2D eigenvalue weighted by atomic mass is 9.79. The Labute approximate surface area is 206 Å². The van der Waals surface area contributed by atoms with Crippen molar-refractivity contribution in [3.8, 4) is 0 Å². The summed E-state index contributed by atoms with van der Waals surface area (Å²) in [5, 5.41) is 0.400. The fraction of sp³-hybridized carbons (Fsp3) is 0.667. The van der Waals surface area contributed by atoms with Gasteiger partial charge in [0.2, 0.25) is 0 Å². The second-order valence-electron chi connectivity index (χ2n) is 9.33. The van der Waals surface area contributed by atoms with Gasteiger partial charge in [-0.2, -0.15) is 0 Å². The molecule has 3 fully saturated rings. The van der Waals surface area contributed by atoms with Crippen LogP contribution in [0.3, 0.4) is 0 Å². The van der Waals surface area contributed by atoms with Crippen LogP contribution in [0, 0.1) is 5.92 Å². The molecule has 2 aromatic rings. The molecular formula is C21H29FN5O2PS3. The summed E-state index contributed by atoms with van der Waals surface area (Å²) in [7, 11) is 0. The van der Waals surface area contributed by atoms with E-state index < -0.39 is 29.3 Å². The summed E-state index contributed by atoms with van der Waals surface area (Å²) in [5.41, 5.74) is 8.02. The van der Waals surface area contributed by atoms with Gasteiger partial charge in [-0.05, 0) is 57.3 Å². The molecule has 1 saturated carbocycles. The Morgan fingerprint density at radius 1 is 1.48 bits per heavy atom. The smallest absolute Gasteiger partial charge is 0.175 e. The predicted molar refractivity (Wildman–Crippen MR) is 138 cm³/mol. The van der Waals surface area contributed by atoms with Gasteiger partial charge in [-0.15, -0.1) is 0 Å². The molecule has 2 aromatic heterocycles. The summed E-state index contributed by atoms with van der Waals surface area (Å²) in [5.74, 6) is 0.781. The van der Waals surface area contributed by atoms with E-state index in [2.05, 4.69) is 35.4 Å². The zero-order chi connectivity index (χ0) is 23.5. The third kappa shape index (κ3) is 4.16. The summed E-state index contributed by atoms with van der Waals surface area (Å²) >= 11 is 9.64. The molecule has 2 saturated heterocycles. The SMILES string of the molecule is C=C(C)[C@H]1CC[C@@]2(C)S[P@@](=S)(O[C@H]3[C@@H](F)[C@H](n4cnc5c(N)ncnc54)O[C@@H]3CC)S[C@@H]2C1. The number of hydrogen-bond donors (Lipinski definition) is 1. The van der Waals surface area contributed by atoms with Crippen LogP contribution in [0.4, 0.5) is 10.2 Å². The van der Waals surface area contributed by atoms with Crippen molar-refractivity contribution in [3.63, 3.8) is 0 Å². The first-order valence-corrected chi connectivity index (χ1v) is 16.8. The van der Waals surface area contributed by atoms with Crippen LogP contribution in [0.25, 0.3) is 11.2 Å². The zero-order valence-corrected chi connectivity index (χ0v) is 22.2. The van der Waals surface area contributed by atoms with E-state index in [0.29, 0.717) is 28.8 Å². The third-order valence-corrected chi connectivity index (χ3v) is 17.2. The number of nitrogens with two attached hydrogens (primary N) is 1. The van der Waals surface area contributed by atoms with E-state index in [1.165, 1.54) is 18.2 Å². The summed E-state index contributed by atoms with van der Waals surface area (Å²) in [4.78, 5) is 12.5. The first kappa shape index (κ1) is 24.0. The van der Waals surface area contributed by atoms with Gasteiger partial charge in [-0.3, -0.25) is 4.57 Å². The number of aromatic nitrogens is 4. The van der Waals surface area contributed by atoms with Crippen molar-refractivity contribution < 1.29 is 13.7 Å². The van der Waals surface area contributed by atoms with Crippen LogP contribution in [0.15, 0.2) is 24.8 Å². The molecule has 2 aliphatic heterocycles. The fourth-order valence-electron chi connectivity index (χ4n) is 5.01. The molecule has 0 bridgehead atoms. The lowest BCUT2D eigenvalue weighted by Gasteiger charge is -2.38. The molecule has 0 aromatic carbocycles. The molecule has 180 valence electrons. The number of alkyl halides is 1. The monoisotopic (exact) mass is 529 g/mol. The largest absolute Gasteiger partial charge is 0.382 e. The molecule has 4 heterocycles. The van der Waals surface area contributed by atoms with Gasteiger partial charge in [0.25, 0.3) is 0 Å².